The Morgan fingerprint density at radius 1 is 0.570 bits per heavy atom. The van der Waals surface area contributed by atoms with E-state index in [4.69, 9.17) is 14.6 Å². The fourth-order valence-corrected chi connectivity index (χ4v) is 7.74. The highest BCUT2D eigenvalue weighted by Crippen LogP contribution is 2.34. The van der Waals surface area contributed by atoms with Crippen molar-refractivity contribution in [2.75, 3.05) is 18.5 Å². The molecule has 3 aromatic carbocycles. The molecular weight excluding hydrogens is 1120 g/mol. The van der Waals surface area contributed by atoms with Crippen molar-refractivity contribution in [3.8, 4) is 34.0 Å². The van der Waals surface area contributed by atoms with E-state index >= 15 is 0 Å². The van der Waals surface area contributed by atoms with Gasteiger partial charge in [-0.25, -0.2) is 24.0 Å². The minimum absolute atomic E-state index is 0.0541. The number of aromatic carboxylic acids is 1. The summed E-state index contributed by atoms with van der Waals surface area (Å²) in [5.41, 5.74) is 4.84. The number of aryl methyl sites for hydroxylation is 3. The number of anilines is 1. The van der Waals surface area contributed by atoms with Crippen LogP contribution in [0.2, 0.25) is 0 Å². The zero-order valence-electron chi connectivity index (χ0n) is 46.7. The van der Waals surface area contributed by atoms with Gasteiger partial charge in [0.15, 0.2) is 0 Å². The molecule has 7 aromatic heterocycles. The summed E-state index contributed by atoms with van der Waals surface area (Å²) in [7, 11) is 0. The minimum Gasteiger partial charge on any atom is -0.478 e. The molecule has 0 fully saturated rings. The van der Waals surface area contributed by atoms with Crippen LogP contribution >= 0.6 is 0 Å². The summed E-state index contributed by atoms with van der Waals surface area (Å²) in [5.74, 6) is -2.33. The molecule has 3 N–H and O–H groups in total. The molecular formula is C63H54F3N9O11. The second-order valence-corrected chi connectivity index (χ2v) is 18.5. The number of aromatic nitrogens is 8. The topological polar surface area (TPSA) is 261 Å². The molecule has 10 rings (SSSR count). The number of alkyl halides is 3. The number of rotatable bonds is 12. The lowest BCUT2D eigenvalue weighted by molar-refractivity contribution is -0.142. The third kappa shape index (κ3) is 16.6. The van der Waals surface area contributed by atoms with Crippen LogP contribution in [-0.4, -0.2) is 80.6 Å². The Labute approximate surface area is 487 Å². The fourth-order valence-electron chi connectivity index (χ4n) is 7.74. The van der Waals surface area contributed by atoms with Gasteiger partial charge >= 0.3 is 24.1 Å². The molecule has 0 aliphatic heterocycles. The van der Waals surface area contributed by atoms with Crippen LogP contribution in [0, 0.1) is 20.8 Å². The van der Waals surface area contributed by atoms with Crippen LogP contribution in [0.3, 0.4) is 0 Å². The van der Waals surface area contributed by atoms with Crippen LogP contribution in [-0.2, 0) is 15.7 Å². The summed E-state index contributed by atoms with van der Waals surface area (Å²) in [6, 6.07) is 39.7. The van der Waals surface area contributed by atoms with Crippen molar-refractivity contribution in [3.63, 3.8) is 0 Å². The van der Waals surface area contributed by atoms with E-state index in [9.17, 15) is 51.5 Å². The maximum absolute atomic E-state index is 13.7. The number of amides is 1. The van der Waals surface area contributed by atoms with Gasteiger partial charge in [0.05, 0.1) is 53.0 Å². The van der Waals surface area contributed by atoms with Crippen LogP contribution in [0.15, 0.2) is 214 Å². The van der Waals surface area contributed by atoms with E-state index in [0.29, 0.717) is 41.3 Å². The van der Waals surface area contributed by atoms with Crippen LogP contribution in [0.1, 0.15) is 77.7 Å². The Bertz CT molecular complexity index is 4230. The number of carboxylic acids is 1. The number of pyridine rings is 6. The maximum Gasteiger partial charge on any atom is 0.433 e. The summed E-state index contributed by atoms with van der Waals surface area (Å²) >= 11 is 0. The van der Waals surface area contributed by atoms with Crippen molar-refractivity contribution in [2.24, 2.45) is 0 Å². The number of nitrogens with one attached hydrogen (secondary N) is 2. The summed E-state index contributed by atoms with van der Waals surface area (Å²) < 4.78 is 55.7. The van der Waals surface area contributed by atoms with E-state index in [1.807, 2.05) is 69.3 Å². The Hall–Kier alpha value is -11.4. The van der Waals surface area contributed by atoms with Crippen LogP contribution in [0.5, 0.6) is 0 Å². The molecule has 86 heavy (non-hydrogen) atoms. The Balaban J connectivity index is 0.000000184. The molecule has 438 valence electrons. The second-order valence-electron chi connectivity index (χ2n) is 18.5. The predicted octanol–water partition coefficient (Wildman–Crippen LogP) is 9.78. The summed E-state index contributed by atoms with van der Waals surface area (Å²) in [6.07, 6.45) is 5.03. The van der Waals surface area contributed by atoms with Crippen molar-refractivity contribution in [1.82, 2.24) is 38.4 Å². The molecule has 0 spiro atoms. The molecule has 1 amide bonds. The van der Waals surface area contributed by atoms with Crippen molar-refractivity contribution in [1.29, 1.82) is 0 Å². The number of halogens is 3. The molecule has 0 saturated carbocycles. The van der Waals surface area contributed by atoms with E-state index < -0.39 is 35.7 Å². The largest absolute Gasteiger partial charge is 0.478 e. The zero-order valence-corrected chi connectivity index (χ0v) is 46.7. The van der Waals surface area contributed by atoms with E-state index in [0.717, 1.165) is 33.1 Å². The number of hydrogen-bond donors (Lipinski definition) is 3. The number of carbonyl (C=O) groups excluding carboxylic acids is 3. The first-order valence-electron chi connectivity index (χ1n) is 26.1. The van der Waals surface area contributed by atoms with E-state index in [1.54, 1.807) is 50.2 Å². The van der Waals surface area contributed by atoms with Gasteiger partial charge in [-0.3, -0.25) is 42.7 Å². The molecule has 0 aliphatic carbocycles. The molecule has 23 heteroatoms. The monoisotopic (exact) mass is 1170 g/mol. The number of esters is 2. The standard InChI is InChI=1S/C27H19F3N6O2.C15H15NO3.C13H11NO3.C8H9NO3/c1-17-4-7-20(8-5-17)35-16-19(6-11-25(35)37)26(38)33-24-10-9-21(15-32-24)36-23(27(28,29)30)13-22(34-36)18-3-2-12-31-14-18;1-3-19-15(18)12-6-9-14(17)16(10-12)13-7-4-11(2)5-8-13;1-9-2-5-11(6-3-9)14-8-10(13(16)17)4-7-12(14)15;1-2-12-8(11)6-3-4-7(10)9-5-6/h2-16H,1H3,(H,32,33,38);4-10H,3H2,1-2H3;2-8H,1H3,(H,16,17);3-5H,2H2,1H3,(H,9,10). The number of carbonyl (C=O) groups is 4. The van der Waals surface area contributed by atoms with E-state index in [1.165, 1.54) is 118 Å². The quantitative estimate of drug-likeness (QED) is 0.0962. The number of nitrogens with zero attached hydrogens (tertiary/aromatic N) is 7. The van der Waals surface area contributed by atoms with Gasteiger partial charge < -0.3 is 24.9 Å². The average Bonchev–Trinajstić information content (AvgIpc) is 1.93. The first kappa shape index (κ1) is 62.2. The van der Waals surface area contributed by atoms with Crippen molar-refractivity contribution in [2.45, 2.75) is 40.8 Å². The molecule has 20 nitrogen and oxygen atoms in total. The van der Waals surface area contributed by atoms with Crippen molar-refractivity contribution >= 4 is 29.6 Å². The highest BCUT2D eigenvalue weighted by molar-refractivity contribution is 6.03. The number of hydrogen-bond acceptors (Lipinski definition) is 13. The maximum atomic E-state index is 13.7. The van der Waals surface area contributed by atoms with Gasteiger partial charge in [0.1, 0.15) is 11.5 Å². The predicted molar refractivity (Wildman–Crippen MR) is 314 cm³/mol. The average molecular weight is 1170 g/mol. The van der Waals surface area contributed by atoms with Crippen LogP contribution in [0.4, 0.5) is 19.0 Å². The zero-order chi connectivity index (χ0) is 62.1. The normalized spacial score (nSPS) is 10.6. The van der Waals surface area contributed by atoms with Crippen LogP contribution < -0.4 is 27.6 Å². The number of benzene rings is 3. The summed E-state index contributed by atoms with van der Waals surface area (Å²) in [6.45, 7) is 9.95. The van der Waals surface area contributed by atoms with E-state index in [2.05, 4.69) is 25.4 Å². The Morgan fingerprint density at radius 2 is 1.03 bits per heavy atom. The number of H-pyrrole nitrogens is 1. The molecule has 0 radical (unpaired) electrons. The number of carboxylic acid groups (broad SMARTS) is 1. The SMILES string of the molecule is CCOC(=O)c1ccc(=O)[nH]c1.CCOC(=O)c1ccc(=O)n(-c2ccc(C)cc2)c1.Cc1ccc(-n2cc(C(=O)Nc3ccc(-n4nc(-c5cccnc5)cc4C(F)(F)F)cn3)ccc2=O)cc1.Cc1ccc(-n2cc(C(=O)O)ccc2=O)cc1. The molecule has 0 bridgehead atoms. The van der Waals surface area contributed by atoms with Crippen molar-refractivity contribution in [3.05, 3.63) is 281 Å². The molecule has 0 unspecified atom stereocenters. The van der Waals surface area contributed by atoms with Gasteiger partial charge in [-0.2, -0.15) is 18.3 Å². The Morgan fingerprint density at radius 3 is 1.48 bits per heavy atom. The summed E-state index contributed by atoms with van der Waals surface area (Å²) in [4.78, 5) is 103. The van der Waals surface area contributed by atoms with Crippen molar-refractivity contribution < 1.29 is 46.9 Å². The number of aromatic amines is 1. The highest BCUT2D eigenvalue weighted by atomic mass is 19.4. The first-order valence-corrected chi connectivity index (χ1v) is 26.1. The lowest BCUT2D eigenvalue weighted by atomic mass is 10.2. The fraction of sp³-hybridized carbons (Fsp3) is 0.127. The molecule has 0 aliphatic rings. The second kappa shape index (κ2) is 28.6. The summed E-state index contributed by atoms with van der Waals surface area (Å²) in [5, 5.41) is 15.6. The smallest absolute Gasteiger partial charge is 0.433 e. The van der Waals surface area contributed by atoms with Crippen LogP contribution in [0.25, 0.3) is 34.0 Å². The first-order chi connectivity index (χ1) is 41.1. The molecule has 10 aromatic rings. The van der Waals surface area contributed by atoms with Gasteiger partial charge in [-0.15, -0.1) is 0 Å². The lowest BCUT2D eigenvalue weighted by Crippen LogP contribution is -2.21. The Kier molecular flexibility index (Phi) is 20.7. The molecule has 7 heterocycles. The minimum atomic E-state index is -4.67. The third-order valence-corrected chi connectivity index (χ3v) is 12.2. The third-order valence-electron chi connectivity index (χ3n) is 12.2. The number of ether oxygens (including phenoxy) is 2. The van der Waals surface area contributed by atoms with Gasteiger partial charge in [0, 0.05) is 84.1 Å². The highest BCUT2D eigenvalue weighted by Gasteiger charge is 2.36. The van der Waals surface area contributed by atoms with Gasteiger partial charge in [-0.05, 0) is 126 Å². The lowest BCUT2D eigenvalue weighted by Gasteiger charge is -2.11. The van der Waals surface area contributed by atoms with Gasteiger partial charge in [0.25, 0.3) is 22.6 Å². The molecule has 0 saturated heterocycles. The molecule has 0 atom stereocenters. The van der Waals surface area contributed by atoms with Gasteiger partial charge in [0.2, 0.25) is 5.56 Å². The van der Waals surface area contributed by atoms with E-state index in [-0.39, 0.29) is 50.6 Å². The van der Waals surface area contributed by atoms with Gasteiger partial charge in [-0.1, -0.05) is 53.1 Å².